The SMILES string of the molecule is Cc1ccc(-n2nc(S[C@H](C)C(=O)Nc3ccc(Cl)cc3C)ccc2=O)cc1. The third kappa shape index (κ3) is 4.82. The van der Waals surface area contributed by atoms with Crippen LogP contribution >= 0.6 is 23.4 Å². The predicted octanol–water partition coefficient (Wildman–Crippen LogP) is 4.62. The fourth-order valence-electron chi connectivity index (χ4n) is 2.56. The number of carbonyl (C=O) groups excluding carboxylic acids is 1. The second-order valence-electron chi connectivity index (χ2n) is 6.47. The Morgan fingerprint density at radius 2 is 1.82 bits per heavy atom. The Bertz CT molecular complexity index is 1060. The number of amides is 1. The highest BCUT2D eigenvalue weighted by Crippen LogP contribution is 2.24. The van der Waals surface area contributed by atoms with Crippen LogP contribution in [-0.2, 0) is 4.79 Å². The van der Waals surface area contributed by atoms with Gasteiger partial charge in [-0.15, -0.1) is 0 Å². The summed E-state index contributed by atoms with van der Waals surface area (Å²) in [5, 5.41) is 8.13. The first kappa shape index (κ1) is 20.2. The molecule has 0 saturated carbocycles. The van der Waals surface area contributed by atoms with Crippen LogP contribution in [0.2, 0.25) is 5.02 Å². The van der Waals surface area contributed by atoms with Crippen molar-refractivity contribution in [3.05, 3.63) is 81.1 Å². The average molecular weight is 414 g/mol. The largest absolute Gasteiger partial charge is 0.325 e. The number of hydrogen-bond donors (Lipinski definition) is 1. The molecule has 0 saturated heterocycles. The van der Waals surface area contributed by atoms with Crippen LogP contribution in [0, 0.1) is 13.8 Å². The highest BCUT2D eigenvalue weighted by molar-refractivity contribution is 8.00. The summed E-state index contributed by atoms with van der Waals surface area (Å²) in [6, 6.07) is 16.0. The second-order valence-corrected chi connectivity index (χ2v) is 8.26. The van der Waals surface area contributed by atoms with Gasteiger partial charge < -0.3 is 5.32 Å². The molecule has 1 amide bonds. The van der Waals surface area contributed by atoms with Gasteiger partial charge in [0.25, 0.3) is 5.56 Å². The molecule has 0 spiro atoms. The zero-order valence-electron chi connectivity index (χ0n) is 15.8. The van der Waals surface area contributed by atoms with E-state index < -0.39 is 5.25 Å². The summed E-state index contributed by atoms with van der Waals surface area (Å²) < 4.78 is 1.34. The van der Waals surface area contributed by atoms with Gasteiger partial charge in [0.2, 0.25) is 5.91 Å². The first-order valence-electron chi connectivity index (χ1n) is 8.74. The van der Waals surface area contributed by atoms with Gasteiger partial charge in [0.1, 0.15) is 5.03 Å². The van der Waals surface area contributed by atoms with Crippen LogP contribution in [0.3, 0.4) is 0 Å². The molecule has 1 N–H and O–H groups in total. The quantitative estimate of drug-likeness (QED) is 0.620. The van der Waals surface area contributed by atoms with E-state index in [9.17, 15) is 9.59 Å². The summed E-state index contributed by atoms with van der Waals surface area (Å²) in [5.74, 6) is -0.148. The topological polar surface area (TPSA) is 64.0 Å². The summed E-state index contributed by atoms with van der Waals surface area (Å²) in [6.07, 6.45) is 0. The Balaban J connectivity index is 1.75. The van der Waals surface area contributed by atoms with E-state index in [1.807, 2.05) is 38.1 Å². The number of hydrogen-bond acceptors (Lipinski definition) is 4. The van der Waals surface area contributed by atoms with E-state index in [1.165, 1.54) is 22.5 Å². The molecular formula is C21H20ClN3O2S. The van der Waals surface area contributed by atoms with Crippen molar-refractivity contribution in [3.8, 4) is 5.69 Å². The molecule has 1 heterocycles. The number of benzene rings is 2. The van der Waals surface area contributed by atoms with Crippen LogP contribution in [0.25, 0.3) is 5.69 Å². The van der Waals surface area contributed by atoms with Crippen LogP contribution in [0.1, 0.15) is 18.1 Å². The average Bonchev–Trinajstić information content (AvgIpc) is 2.66. The Morgan fingerprint density at radius 3 is 2.50 bits per heavy atom. The van der Waals surface area contributed by atoms with Crippen molar-refractivity contribution in [2.24, 2.45) is 0 Å². The number of nitrogens with one attached hydrogen (secondary N) is 1. The van der Waals surface area contributed by atoms with E-state index in [-0.39, 0.29) is 11.5 Å². The number of nitrogens with zero attached hydrogens (tertiary/aromatic N) is 2. The van der Waals surface area contributed by atoms with E-state index >= 15 is 0 Å². The number of anilines is 1. The molecule has 3 aromatic rings. The molecule has 0 radical (unpaired) electrons. The van der Waals surface area contributed by atoms with Crippen LogP contribution in [0.15, 0.2) is 64.4 Å². The molecule has 3 rings (SSSR count). The van der Waals surface area contributed by atoms with Crippen molar-refractivity contribution >= 4 is 35.0 Å². The minimum Gasteiger partial charge on any atom is -0.325 e. The van der Waals surface area contributed by atoms with E-state index in [0.29, 0.717) is 15.7 Å². The third-order valence-electron chi connectivity index (χ3n) is 4.17. The molecule has 0 aliphatic rings. The van der Waals surface area contributed by atoms with Gasteiger partial charge in [0.05, 0.1) is 10.9 Å². The number of aromatic nitrogens is 2. The van der Waals surface area contributed by atoms with Crippen LogP contribution in [0.5, 0.6) is 0 Å². The van der Waals surface area contributed by atoms with Gasteiger partial charge in [-0.25, -0.2) is 0 Å². The van der Waals surface area contributed by atoms with Crippen molar-refractivity contribution in [3.63, 3.8) is 0 Å². The van der Waals surface area contributed by atoms with Crippen molar-refractivity contribution < 1.29 is 4.79 Å². The van der Waals surface area contributed by atoms with E-state index in [4.69, 9.17) is 11.6 Å². The van der Waals surface area contributed by atoms with Gasteiger partial charge in [-0.2, -0.15) is 9.78 Å². The minimum absolute atomic E-state index is 0.148. The normalized spacial score (nSPS) is 11.9. The van der Waals surface area contributed by atoms with Crippen molar-refractivity contribution in [1.29, 1.82) is 0 Å². The summed E-state index contributed by atoms with van der Waals surface area (Å²) in [5.41, 5.74) is 3.18. The molecule has 7 heteroatoms. The third-order valence-corrected chi connectivity index (χ3v) is 5.43. The van der Waals surface area contributed by atoms with Gasteiger partial charge in [-0.3, -0.25) is 9.59 Å². The molecule has 0 unspecified atom stereocenters. The number of carbonyl (C=O) groups is 1. The van der Waals surface area contributed by atoms with Crippen molar-refractivity contribution in [2.75, 3.05) is 5.32 Å². The monoisotopic (exact) mass is 413 g/mol. The first-order chi connectivity index (χ1) is 13.3. The molecule has 0 aliphatic carbocycles. The fourth-order valence-corrected chi connectivity index (χ4v) is 3.59. The first-order valence-corrected chi connectivity index (χ1v) is 10.0. The lowest BCUT2D eigenvalue weighted by Gasteiger charge is -2.14. The maximum Gasteiger partial charge on any atom is 0.271 e. The molecule has 0 aliphatic heterocycles. The molecule has 0 fully saturated rings. The molecule has 28 heavy (non-hydrogen) atoms. The Hall–Kier alpha value is -2.57. The lowest BCUT2D eigenvalue weighted by atomic mass is 10.2. The van der Waals surface area contributed by atoms with E-state index in [1.54, 1.807) is 31.2 Å². The number of halogens is 1. The Kier molecular flexibility index (Phi) is 6.21. The van der Waals surface area contributed by atoms with Gasteiger partial charge in [-0.1, -0.05) is 41.1 Å². The predicted molar refractivity (Wildman–Crippen MR) is 115 cm³/mol. The summed E-state index contributed by atoms with van der Waals surface area (Å²) in [6.45, 7) is 5.67. The second kappa shape index (κ2) is 8.63. The van der Waals surface area contributed by atoms with Gasteiger partial charge >= 0.3 is 0 Å². The molecule has 1 atom stereocenters. The van der Waals surface area contributed by atoms with Gasteiger partial charge in [0.15, 0.2) is 0 Å². The van der Waals surface area contributed by atoms with Gasteiger partial charge in [-0.05, 0) is 62.7 Å². The van der Waals surface area contributed by atoms with E-state index in [2.05, 4.69) is 10.4 Å². The highest BCUT2D eigenvalue weighted by Gasteiger charge is 2.17. The van der Waals surface area contributed by atoms with E-state index in [0.717, 1.165) is 16.8 Å². The molecule has 1 aromatic heterocycles. The van der Waals surface area contributed by atoms with Crippen LogP contribution in [-0.4, -0.2) is 20.9 Å². The standard InChI is InChI=1S/C21H20ClN3O2S/c1-13-4-7-17(8-5-13)25-20(26)11-10-19(24-25)28-15(3)21(27)23-18-9-6-16(22)12-14(18)2/h4-12,15H,1-3H3,(H,23,27)/t15-/m1/s1. The minimum atomic E-state index is -0.397. The lowest BCUT2D eigenvalue weighted by Crippen LogP contribution is -2.24. The lowest BCUT2D eigenvalue weighted by molar-refractivity contribution is -0.115. The molecular weight excluding hydrogens is 394 g/mol. The fraction of sp³-hybridized carbons (Fsp3) is 0.190. The Labute approximate surface area is 172 Å². The molecule has 5 nitrogen and oxygen atoms in total. The van der Waals surface area contributed by atoms with Crippen LogP contribution in [0.4, 0.5) is 5.69 Å². The summed E-state index contributed by atoms with van der Waals surface area (Å²) in [4.78, 5) is 24.7. The molecule has 0 bridgehead atoms. The summed E-state index contributed by atoms with van der Waals surface area (Å²) in [7, 11) is 0. The zero-order valence-corrected chi connectivity index (χ0v) is 17.3. The smallest absolute Gasteiger partial charge is 0.271 e. The van der Waals surface area contributed by atoms with Gasteiger partial charge in [0, 0.05) is 16.8 Å². The highest BCUT2D eigenvalue weighted by atomic mass is 35.5. The molecule has 2 aromatic carbocycles. The maximum atomic E-state index is 12.6. The number of aryl methyl sites for hydroxylation is 2. The zero-order chi connectivity index (χ0) is 20.3. The maximum absolute atomic E-state index is 12.6. The molecule has 144 valence electrons. The number of thioether (sulfide) groups is 1. The van der Waals surface area contributed by atoms with Crippen molar-refractivity contribution in [1.82, 2.24) is 9.78 Å². The van der Waals surface area contributed by atoms with Crippen LogP contribution < -0.4 is 10.9 Å². The summed E-state index contributed by atoms with van der Waals surface area (Å²) >= 11 is 7.25. The number of rotatable bonds is 5. The Morgan fingerprint density at radius 1 is 1.11 bits per heavy atom. The van der Waals surface area contributed by atoms with Crippen molar-refractivity contribution in [2.45, 2.75) is 31.0 Å².